The molecule has 0 aliphatic heterocycles. The summed E-state index contributed by atoms with van der Waals surface area (Å²) in [5.74, 6) is -0.332. The summed E-state index contributed by atoms with van der Waals surface area (Å²) in [6.07, 6.45) is 0. The van der Waals surface area contributed by atoms with Gasteiger partial charge in [-0.15, -0.1) is 0 Å². The van der Waals surface area contributed by atoms with Crippen molar-refractivity contribution in [2.45, 2.75) is 44.5 Å². The molecule has 3 nitrogen and oxygen atoms in total. The molecule has 0 aromatic heterocycles. The van der Waals surface area contributed by atoms with E-state index in [0.717, 1.165) is 27.0 Å². The Bertz CT molecular complexity index is 1490. The highest BCUT2D eigenvalue weighted by Gasteiger charge is 2.49. The zero-order chi connectivity index (χ0) is 25.5. The third-order valence-electron chi connectivity index (χ3n) is 5.92. The van der Waals surface area contributed by atoms with Gasteiger partial charge in [-0.3, -0.25) is 0 Å². The molecule has 0 atom stereocenters. The lowest BCUT2D eigenvalue weighted by molar-refractivity contribution is -0.0499. The molecule has 0 saturated carbocycles. The topological polar surface area (TPSA) is 43.4 Å². The first-order valence-electron chi connectivity index (χ1n) is 11.3. The van der Waals surface area contributed by atoms with Crippen LogP contribution >= 0.6 is 7.92 Å². The van der Waals surface area contributed by atoms with Crippen molar-refractivity contribution >= 4 is 44.9 Å². The van der Waals surface area contributed by atoms with Crippen molar-refractivity contribution in [1.29, 1.82) is 0 Å². The maximum absolute atomic E-state index is 13.3. The van der Waals surface area contributed by atoms with Gasteiger partial charge in [0.15, 0.2) is 5.75 Å². The Labute approximate surface area is 204 Å². The van der Waals surface area contributed by atoms with E-state index in [-0.39, 0.29) is 5.75 Å². The fourth-order valence-electron chi connectivity index (χ4n) is 4.63. The Kier molecular flexibility index (Phi) is 6.87. The molecule has 0 radical (unpaired) electrons. The van der Waals surface area contributed by atoms with Crippen LogP contribution in [0.15, 0.2) is 72.8 Å². The van der Waals surface area contributed by atoms with Crippen molar-refractivity contribution in [3.05, 3.63) is 72.8 Å². The van der Waals surface area contributed by atoms with Gasteiger partial charge in [-0.25, -0.2) is 0 Å². The van der Waals surface area contributed by atoms with Crippen molar-refractivity contribution in [2.75, 3.05) is 0 Å². The molecule has 0 fully saturated rings. The Morgan fingerprint density at radius 2 is 1.20 bits per heavy atom. The molecule has 0 aliphatic rings. The minimum Gasteiger partial charge on any atom is -0.375 e. The monoisotopic (exact) mass is 518 g/mol. The fraction of sp³-hybridized carbons (Fsp3) is 0.259. The second-order valence-corrected chi connectivity index (χ2v) is 13.8. The molecule has 4 aromatic rings. The smallest absolute Gasteiger partial charge is 0.375 e. The molecule has 0 saturated heterocycles. The minimum atomic E-state index is -5.86. The number of rotatable bonds is 6. The van der Waals surface area contributed by atoms with Gasteiger partial charge in [0.05, 0.1) is 0 Å². The van der Waals surface area contributed by atoms with Crippen LogP contribution in [-0.4, -0.2) is 25.2 Å². The van der Waals surface area contributed by atoms with Crippen LogP contribution in [0.1, 0.15) is 27.7 Å². The van der Waals surface area contributed by atoms with Gasteiger partial charge in [-0.1, -0.05) is 102 Å². The lowest BCUT2D eigenvalue weighted by Gasteiger charge is -2.30. The highest BCUT2D eigenvalue weighted by Crippen LogP contribution is 2.51. The van der Waals surface area contributed by atoms with Crippen LogP contribution in [0.3, 0.4) is 0 Å². The van der Waals surface area contributed by atoms with E-state index in [1.807, 2.05) is 48.5 Å². The van der Waals surface area contributed by atoms with Gasteiger partial charge in [0.25, 0.3) is 0 Å². The van der Waals surface area contributed by atoms with E-state index in [9.17, 15) is 21.6 Å². The standard InChI is InChI=1S/C27H26F3O3PS/c1-17(2)34(18(3)4)24-16-14-20-10-6-8-12-22(20)26(24)25-21-11-7-5-9-19(21)13-15-23(25)33-35(31,32)27(28,29)30/h5-18H,1-4H3. The molecule has 35 heavy (non-hydrogen) atoms. The Hall–Kier alpha value is -2.63. The Morgan fingerprint density at radius 1 is 0.714 bits per heavy atom. The van der Waals surface area contributed by atoms with E-state index in [2.05, 4.69) is 27.7 Å². The lowest BCUT2D eigenvalue weighted by Crippen LogP contribution is -2.28. The van der Waals surface area contributed by atoms with E-state index in [0.29, 0.717) is 22.3 Å². The minimum absolute atomic E-state index is 0.295. The van der Waals surface area contributed by atoms with Gasteiger partial charge in [0, 0.05) is 11.1 Å². The molecule has 0 amide bonds. The summed E-state index contributed by atoms with van der Waals surface area (Å²) in [6.45, 7) is 8.55. The summed E-state index contributed by atoms with van der Waals surface area (Å²) in [4.78, 5) is 0. The van der Waals surface area contributed by atoms with Crippen molar-refractivity contribution in [1.82, 2.24) is 0 Å². The first-order valence-corrected chi connectivity index (χ1v) is 14.1. The van der Waals surface area contributed by atoms with Crippen molar-refractivity contribution in [3.8, 4) is 16.9 Å². The highest BCUT2D eigenvalue weighted by atomic mass is 32.2. The van der Waals surface area contributed by atoms with Gasteiger partial charge < -0.3 is 4.18 Å². The molecule has 8 heteroatoms. The molecule has 0 bridgehead atoms. The van der Waals surface area contributed by atoms with Crippen molar-refractivity contribution in [2.24, 2.45) is 0 Å². The largest absolute Gasteiger partial charge is 0.534 e. The quantitative estimate of drug-likeness (QED) is 0.149. The van der Waals surface area contributed by atoms with Gasteiger partial charge in [0.1, 0.15) is 0 Å². The average Bonchev–Trinajstić information content (AvgIpc) is 2.78. The van der Waals surface area contributed by atoms with Crippen LogP contribution in [0.5, 0.6) is 5.75 Å². The third-order valence-corrected chi connectivity index (χ3v) is 10.0. The van der Waals surface area contributed by atoms with Crippen LogP contribution in [-0.2, 0) is 10.1 Å². The van der Waals surface area contributed by atoms with E-state index in [1.54, 1.807) is 18.2 Å². The van der Waals surface area contributed by atoms with Gasteiger partial charge >= 0.3 is 15.6 Å². The van der Waals surface area contributed by atoms with E-state index in [1.165, 1.54) is 6.07 Å². The lowest BCUT2D eigenvalue weighted by atomic mass is 9.93. The molecule has 0 aliphatic carbocycles. The normalized spacial score (nSPS) is 12.9. The van der Waals surface area contributed by atoms with E-state index in [4.69, 9.17) is 4.18 Å². The fourth-order valence-corrected chi connectivity index (χ4v) is 8.15. The molecule has 184 valence electrons. The summed E-state index contributed by atoms with van der Waals surface area (Å²) in [5.41, 5.74) is -3.87. The highest BCUT2D eigenvalue weighted by molar-refractivity contribution is 7.88. The molecule has 4 rings (SSSR count). The number of fused-ring (bicyclic) bond motifs is 2. The predicted octanol–water partition coefficient (Wildman–Crippen LogP) is 7.81. The molecule has 0 heterocycles. The van der Waals surface area contributed by atoms with Crippen LogP contribution in [0, 0.1) is 0 Å². The molecular weight excluding hydrogens is 492 g/mol. The SMILES string of the molecule is CC(C)P(c1ccc2ccccc2c1-c1c(OS(=O)(=O)C(F)(F)F)ccc2ccccc12)C(C)C. The molecule has 0 unspecified atom stereocenters. The van der Waals surface area contributed by atoms with Gasteiger partial charge in [-0.2, -0.15) is 21.6 Å². The van der Waals surface area contributed by atoms with E-state index >= 15 is 0 Å². The first-order chi connectivity index (χ1) is 16.4. The Morgan fingerprint density at radius 3 is 1.71 bits per heavy atom. The van der Waals surface area contributed by atoms with Crippen LogP contribution in [0.25, 0.3) is 32.7 Å². The maximum Gasteiger partial charge on any atom is 0.534 e. The molecule has 4 aromatic carbocycles. The maximum atomic E-state index is 13.3. The van der Waals surface area contributed by atoms with E-state index < -0.39 is 23.5 Å². The average molecular weight is 519 g/mol. The van der Waals surface area contributed by atoms with Gasteiger partial charge in [0.2, 0.25) is 0 Å². The summed E-state index contributed by atoms with van der Waals surface area (Å²) in [6, 6.07) is 21.8. The summed E-state index contributed by atoms with van der Waals surface area (Å²) >= 11 is 0. The summed E-state index contributed by atoms with van der Waals surface area (Å²) < 4.78 is 69.0. The summed E-state index contributed by atoms with van der Waals surface area (Å²) in [5, 5.41) is 4.16. The molecular formula is C27H26F3O3PS. The van der Waals surface area contributed by atoms with Crippen molar-refractivity contribution < 1.29 is 25.8 Å². The molecule has 0 N–H and O–H groups in total. The number of halogens is 3. The second-order valence-electron chi connectivity index (χ2n) is 8.92. The van der Waals surface area contributed by atoms with Crippen LogP contribution in [0.4, 0.5) is 13.2 Å². The third kappa shape index (κ3) is 4.76. The van der Waals surface area contributed by atoms with Gasteiger partial charge in [-0.05, 0) is 44.2 Å². The summed E-state index contributed by atoms with van der Waals surface area (Å²) in [7, 11) is -6.61. The van der Waals surface area contributed by atoms with Crippen molar-refractivity contribution in [3.63, 3.8) is 0 Å². The van der Waals surface area contributed by atoms with Crippen LogP contribution in [0.2, 0.25) is 0 Å². The molecule has 0 spiro atoms. The number of hydrogen-bond donors (Lipinski definition) is 0. The Balaban J connectivity index is 2.17. The second kappa shape index (κ2) is 9.44. The number of hydrogen-bond acceptors (Lipinski definition) is 3. The first kappa shape index (κ1) is 25.5. The zero-order valence-electron chi connectivity index (χ0n) is 19.8. The predicted molar refractivity (Wildman–Crippen MR) is 139 cm³/mol. The number of benzene rings is 4. The number of alkyl halides is 3. The zero-order valence-corrected chi connectivity index (χ0v) is 21.5. The van der Waals surface area contributed by atoms with Crippen LogP contribution < -0.4 is 9.49 Å².